The lowest BCUT2D eigenvalue weighted by molar-refractivity contribution is -0.510. The lowest BCUT2D eigenvalue weighted by Crippen LogP contribution is -2.43. The molecule has 0 aromatic carbocycles. The number of carbonyl (C=O) groups is 3. The van der Waals surface area contributed by atoms with Crippen LogP contribution < -0.4 is 5.73 Å². The van der Waals surface area contributed by atoms with E-state index in [-0.39, 0.29) is 41.0 Å². The third-order valence-electron chi connectivity index (χ3n) is 6.06. The van der Waals surface area contributed by atoms with Crippen LogP contribution in [-0.4, -0.2) is 35.1 Å². The lowest BCUT2D eigenvalue weighted by atomic mass is 9.69. The lowest BCUT2D eigenvalue weighted by Gasteiger charge is -2.32. The van der Waals surface area contributed by atoms with Gasteiger partial charge in [-0.3, -0.25) is 19.7 Å². The first-order valence-electron chi connectivity index (χ1n) is 10.9. The molecular formula is C23H28N2O6. The molecule has 8 nitrogen and oxygen atoms in total. The van der Waals surface area contributed by atoms with Gasteiger partial charge in [0.2, 0.25) is 6.04 Å². The van der Waals surface area contributed by atoms with Gasteiger partial charge in [-0.25, -0.2) is 4.79 Å². The molecule has 0 aromatic heterocycles. The maximum Gasteiger partial charge on any atom is 0.336 e. The van der Waals surface area contributed by atoms with Crippen molar-refractivity contribution >= 4 is 17.5 Å². The maximum atomic E-state index is 13.1. The van der Waals surface area contributed by atoms with Crippen LogP contribution in [0, 0.1) is 16.0 Å². The van der Waals surface area contributed by atoms with Crippen LogP contribution in [0.4, 0.5) is 0 Å². The number of carbonyl (C=O) groups excluding carboxylic acids is 3. The number of hydrogen-bond donors (Lipinski definition) is 1. The highest BCUT2D eigenvalue weighted by molar-refractivity contribution is 6.24. The van der Waals surface area contributed by atoms with Gasteiger partial charge < -0.3 is 10.5 Å². The third-order valence-corrected chi connectivity index (χ3v) is 6.06. The number of Topliss-reactive ketones (excluding diaryl/α,β-unsaturated/α-hetero) is 2. The molecular weight excluding hydrogens is 400 g/mol. The zero-order valence-electron chi connectivity index (χ0n) is 17.7. The van der Waals surface area contributed by atoms with E-state index in [2.05, 4.69) is 6.92 Å². The van der Waals surface area contributed by atoms with Crippen LogP contribution in [0.2, 0.25) is 0 Å². The Labute approximate surface area is 181 Å². The van der Waals surface area contributed by atoms with E-state index in [1.165, 1.54) is 12.5 Å². The van der Waals surface area contributed by atoms with Crippen LogP contribution in [-0.2, 0) is 19.1 Å². The second-order valence-electron chi connectivity index (χ2n) is 8.12. The van der Waals surface area contributed by atoms with Crippen molar-refractivity contribution in [3.8, 4) is 0 Å². The van der Waals surface area contributed by atoms with Crippen molar-refractivity contribution in [2.24, 2.45) is 11.7 Å². The van der Waals surface area contributed by atoms with Gasteiger partial charge in [-0.15, -0.1) is 0 Å². The van der Waals surface area contributed by atoms with Crippen molar-refractivity contribution in [2.45, 2.75) is 64.3 Å². The van der Waals surface area contributed by atoms with E-state index in [0.29, 0.717) is 12.8 Å². The summed E-state index contributed by atoms with van der Waals surface area (Å²) >= 11 is 0. The van der Waals surface area contributed by atoms with Gasteiger partial charge in [0.05, 0.1) is 41.4 Å². The van der Waals surface area contributed by atoms with Crippen LogP contribution in [0.1, 0.15) is 58.3 Å². The number of unbranched alkanes of at least 4 members (excludes halogenated alkanes) is 5. The second kappa shape index (κ2) is 9.85. The van der Waals surface area contributed by atoms with Crippen LogP contribution in [0.15, 0.2) is 46.2 Å². The van der Waals surface area contributed by atoms with E-state index >= 15 is 0 Å². The van der Waals surface area contributed by atoms with E-state index in [0.717, 1.165) is 25.7 Å². The van der Waals surface area contributed by atoms with Crippen molar-refractivity contribution in [3.63, 3.8) is 0 Å². The fourth-order valence-electron chi connectivity index (χ4n) is 4.35. The average molecular weight is 428 g/mol. The van der Waals surface area contributed by atoms with Crippen LogP contribution in [0.5, 0.6) is 0 Å². The Bertz CT molecular complexity index is 924. The molecule has 2 atom stereocenters. The molecule has 2 N–H and O–H groups in total. The standard InChI is InChI=1S/C23H28N2O6/c1-2-3-4-5-6-9-12-31-23(28)16-13-17(25(29)30)18-19(20(16)24)22(27)15-11-8-7-10-14(15)21(18)26/h7-8,10,15,17H,2-6,9,11-13,24H2,1H3. The van der Waals surface area contributed by atoms with Gasteiger partial charge >= 0.3 is 5.97 Å². The zero-order chi connectivity index (χ0) is 22.5. The minimum Gasteiger partial charge on any atom is -0.462 e. The summed E-state index contributed by atoms with van der Waals surface area (Å²) < 4.78 is 5.29. The predicted molar refractivity (Wildman–Crippen MR) is 113 cm³/mol. The Kier molecular flexibility index (Phi) is 7.20. The summed E-state index contributed by atoms with van der Waals surface area (Å²) in [7, 11) is 0. The highest BCUT2D eigenvalue weighted by atomic mass is 16.6. The summed E-state index contributed by atoms with van der Waals surface area (Å²) in [4.78, 5) is 49.8. The first kappa shape index (κ1) is 22.7. The van der Waals surface area contributed by atoms with Crippen molar-refractivity contribution in [1.29, 1.82) is 0 Å². The number of ketones is 2. The fraction of sp³-hybridized carbons (Fsp3) is 0.522. The fourth-order valence-corrected chi connectivity index (χ4v) is 4.35. The molecule has 0 fully saturated rings. The van der Waals surface area contributed by atoms with Gasteiger partial charge in [-0.05, 0) is 12.8 Å². The molecule has 3 rings (SSSR count). The molecule has 0 radical (unpaired) electrons. The van der Waals surface area contributed by atoms with E-state index in [1.807, 2.05) is 0 Å². The largest absolute Gasteiger partial charge is 0.462 e. The number of allylic oxidation sites excluding steroid dienone is 5. The Balaban J connectivity index is 1.81. The average Bonchev–Trinajstić information content (AvgIpc) is 2.76. The Morgan fingerprint density at radius 1 is 1.23 bits per heavy atom. The monoisotopic (exact) mass is 428 g/mol. The molecule has 0 bridgehead atoms. The second-order valence-corrected chi connectivity index (χ2v) is 8.12. The first-order chi connectivity index (χ1) is 14.9. The van der Waals surface area contributed by atoms with Gasteiger partial charge in [0.25, 0.3) is 0 Å². The number of nitro groups is 1. The minimum atomic E-state index is -1.50. The van der Waals surface area contributed by atoms with E-state index < -0.39 is 34.4 Å². The number of hydrogen-bond acceptors (Lipinski definition) is 7. The number of nitrogens with two attached hydrogens (primary N) is 1. The first-order valence-corrected chi connectivity index (χ1v) is 10.9. The zero-order valence-corrected chi connectivity index (χ0v) is 17.7. The molecule has 166 valence electrons. The molecule has 3 aliphatic rings. The molecule has 3 aliphatic carbocycles. The van der Waals surface area contributed by atoms with Crippen molar-refractivity contribution < 1.29 is 24.0 Å². The van der Waals surface area contributed by atoms with E-state index in [1.54, 1.807) is 12.2 Å². The van der Waals surface area contributed by atoms with Crippen LogP contribution in [0.3, 0.4) is 0 Å². The number of nitrogens with zero attached hydrogens (tertiary/aromatic N) is 1. The summed E-state index contributed by atoms with van der Waals surface area (Å²) in [6.07, 6.45) is 11.0. The van der Waals surface area contributed by atoms with E-state index in [4.69, 9.17) is 10.5 Å². The van der Waals surface area contributed by atoms with Gasteiger partial charge in [-0.2, -0.15) is 0 Å². The summed E-state index contributed by atoms with van der Waals surface area (Å²) in [6, 6.07) is -1.50. The molecule has 0 saturated heterocycles. The SMILES string of the molecule is CCCCCCCCOC(=O)C1=C(N)C2=C(C(=O)C3=CC=CCC3C2=O)C([N+](=O)[O-])C1. The van der Waals surface area contributed by atoms with Gasteiger partial charge in [0.15, 0.2) is 11.6 Å². The topological polar surface area (TPSA) is 130 Å². The summed E-state index contributed by atoms with van der Waals surface area (Å²) in [6.45, 7) is 2.32. The molecule has 0 spiro atoms. The summed E-state index contributed by atoms with van der Waals surface area (Å²) in [5, 5.41) is 11.7. The third kappa shape index (κ3) is 4.52. The van der Waals surface area contributed by atoms with E-state index in [9.17, 15) is 24.5 Å². The number of ether oxygens (including phenoxy) is 1. The normalized spacial score (nSPS) is 22.8. The molecule has 0 aliphatic heterocycles. The van der Waals surface area contributed by atoms with Gasteiger partial charge in [0.1, 0.15) is 0 Å². The molecule has 2 unspecified atom stereocenters. The van der Waals surface area contributed by atoms with Gasteiger partial charge in [0, 0.05) is 10.5 Å². The van der Waals surface area contributed by atoms with Crippen molar-refractivity contribution in [3.05, 3.63) is 56.3 Å². The highest BCUT2D eigenvalue weighted by Gasteiger charge is 2.50. The predicted octanol–water partition coefficient (Wildman–Crippen LogP) is 3.10. The number of rotatable bonds is 9. The molecule has 8 heteroatoms. The van der Waals surface area contributed by atoms with Crippen LogP contribution in [0.25, 0.3) is 0 Å². The number of fused-ring (bicyclic) bond motifs is 1. The smallest absolute Gasteiger partial charge is 0.336 e. The maximum absolute atomic E-state index is 13.1. The van der Waals surface area contributed by atoms with Crippen LogP contribution >= 0.6 is 0 Å². The van der Waals surface area contributed by atoms with Crippen molar-refractivity contribution in [1.82, 2.24) is 0 Å². The molecule has 0 amide bonds. The Morgan fingerprint density at radius 2 is 1.94 bits per heavy atom. The molecule has 0 heterocycles. The Morgan fingerprint density at radius 3 is 2.65 bits per heavy atom. The molecule has 0 aromatic rings. The quantitative estimate of drug-likeness (QED) is 0.258. The minimum absolute atomic E-state index is 0.0913. The number of esters is 1. The molecule has 31 heavy (non-hydrogen) atoms. The Hall–Kier alpha value is -3.03. The summed E-state index contributed by atoms with van der Waals surface area (Å²) in [5.41, 5.74) is 5.75. The van der Waals surface area contributed by atoms with Gasteiger partial charge in [-0.1, -0.05) is 57.3 Å². The highest BCUT2D eigenvalue weighted by Crippen LogP contribution is 2.41. The summed E-state index contributed by atoms with van der Waals surface area (Å²) in [5.74, 6) is -2.46. The van der Waals surface area contributed by atoms with Crippen molar-refractivity contribution in [2.75, 3.05) is 6.61 Å². The molecule has 0 saturated carbocycles.